The van der Waals surface area contributed by atoms with Gasteiger partial charge in [0.1, 0.15) is 0 Å². The number of likely N-dealkylation sites (tertiary alicyclic amines) is 1. The van der Waals surface area contributed by atoms with Crippen LogP contribution in [0.5, 0.6) is 0 Å². The Morgan fingerprint density at radius 3 is 2.50 bits per heavy atom. The van der Waals surface area contributed by atoms with Crippen molar-refractivity contribution in [2.45, 2.75) is 25.4 Å². The maximum Gasteiger partial charge on any atom is 0.356 e. The van der Waals surface area contributed by atoms with Crippen molar-refractivity contribution in [2.75, 3.05) is 20.1 Å². The summed E-state index contributed by atoms with van der Waals surface area (Å²) in [5.74, 6) is -0.191. The van der Waals surface area contributed by atoms with Gasteiger partial charge in [0.25, 0.3) is 0 Å². The van der Waals surface area contributed by atoms with Crippen molar-refractivity contribution in [1.29, 1.82) is 0 Å². The molecule has 1 aliphatic carbocycles. The first-order valence-corrected chi connectivity index (χ1v) is 9.82. The molecule has 2 aliphatic rings. The number of benzene rings is 1. The van der Waals surface area contributed by atoms with Gasteiger partial charge in [-0.1, -0.05) is 29.8 Å². The monoisotopic (exact) mass is 402 g/mol. The number of carboxylic acids is 1. The van der Waals surface area contributed by atoms with Crippen molar-refractivity contribution >= 4 is 23.6 Å². The molecule has 1 aliphatic heterocycles. The summed E-state index contributed by atoms with van der Waals surface area (Å²) in [5.41, 5.74) is 1.02. The van der Waals surface area contributed by atoms with E-state index in [1.807, 2.05) is 18.2 Å². The van der Waals surface area contributed by atoms with E-state index in [1.54, 1.807) is 4.90 Å². The number of hydrogen-bond donors (Lipinski definition) is 1. The first kappa shape index (κ1) is 19.0. The van der Waals surface area contributed by atoms with Crippen molar-refractivity contribution in [3.8, 4) is 0 Å². The molecule has 28 heavy (non-hydrogen) atoms. The average Bonchev–Trinajstić information content (AvgIpc) is 3.37. The number of aromatic nitrogens is 2. The number of carbonyl (C=O) groups excluding carboxylic acids is 1. The van der Waals surface area contributed by atoms with Gasteiger partial charge in [0.15, 0.2) is 5.69 Å². The van der Waals surface area contributed by atoms with E-state index in [0.29, 0.717) is 31.0 Å². The van der Waals surface area contributed by atoms with Gasteiger partial charge in [-0.2, -0.15) is 9.78 Å². The van der Waals surface area contributed by atoms with Crippen molar-refractivity contribution < 1.29 is 14.7 Å². The van der Waals surface area contributed by atoms with Gasteiger partial charge in [-0.05, 0) is 49.4 Å². The number of halogens is 1. The summed E-state index contributed by atoms with van der Waals surface area (Å²) in [7, 11) is 2.13. The molecular formula is C20H23ClN4O3. The smallest absolute Gasteiger partial charge is 0.356 e. The topological polar surface area (TPSA) is 78.7 Å². The van der Waals surface area contributed by atoms with Crippen LogP contribution in [-0.2, 0) is 6.54 Å². The van der Waals surface area contributed by atoms with Crippen molar-refractivity contribution in [1.82, 2.24) is 19.6 Å². The zero-order chi connectivity index (χ0) is 19.8. The van der Waals surface area contributed by atoms with E-state index in [9.17, 15) is 9.59 Å². The number of rotatable bonds is 4. The van der Waals surface area contributed by atoms with Gasteiger partial charge >= 0.3 is 12.0 Å². The maximum atomic E-state index is 12.6. The van der Waals surface area contributed by atoms with E-state index in [4.69, 9.17) is 16.7 Å². The number of carbonyl (C=O) groups is 2. The summed E-state index contributed by atoms with van der Waals surface area (Å²) in [6.07, 6.45) is 3.52. The zero-order valence-electron chi connectivity index (χ0n) is 15.7. The molecule has 2 heterocycles. The number of carboxylic acid groups (broad SMARTS) is 1. The number of amides is 1. The summed E-state index contributed by atoms with van der Waals surface area (Å²) >= 11 is 6.29. The SMILES string of the molecule is CN(Cc1ccccc1Cl)C1C[C@@H]2CN(C(=O)n3ccc(C(=O)O)n3)C[C@@H]2C1. The molecule has 0 spiro atoms. The van der Waals surface area contributed by atoms with E-state index >= 15 is 0 Å². The van der Waals surface area contributed by atoms with Crippen LogP contribution in [0.3, 0.4) is 0 Å². The number of hydrogen-bond acceptors (Lipinski definition) is 4. The highest BCUT2D eigenvalue weighted by Gasteiger charge is 2.43. The maximum absolute atomic E-state index is 12.6. The van der Waals surface area contributed by atoms with Crippen molar-refractivity contribution in [3.63, 3.8) is 0 Å². The van der Waals surface area contributed by atoms with Gasteiger partial charge in [-0.15, -0.1) is 0 Å². The van der Waals surface area contributed by atoms with Gasteiger partial charge < -0.3 is 10.0 Å². The molecule has 4 rings (SSSR count). The van der Waals surface area contributed by atoms with Gasteiger partial charge in [0.2, 0.25) is 0 Å². The molecule has 1 unspecified atom stereocenters. The summed E-state index contributed by atoms with van der Waals surface area (Å²) in [5, 5.41) is 13.6. The molecule has 148 valence electrons. The lowest BCUT2D eigenvalue weighted by molar-refractivity contribution is 0.0690. The Balaban J connectivity index is 1.34. The van der Waals surface area contributed by atoms with Gasteiger partial charge in [0.05, 0.1) is 0 Å². The Morgan fingerprint density at radius 2 is 1.89 bits per heavy atom. The van der Waals surface area contributed by atoms with Crippen LogP contribution in [0.25, 0.3) is 0 Å². The van der Waals surface area contributed by atoms with E-state index in [2.05, 4.69) is 23.1 Å². The number of nitrogens with zero attached hydrogens (tertiary/aromatic N) is 4. The van der Waals surface area contributed by atoms with Crippen molar-refractivity contribution in [3.05, 3.63) is 52.8 Å². The molecule has 0 bridgehead atoms. The van der Waals surface area contributed by atoms with Crippen LogP contribution >= 0.6 is 11.6 Å². The lowest BCUT2D eigenvalue weighted by Gasteiger charge is -2.26. The van der Waals surface area contributed by atoms with E-state index < -0.39 is 5.97 Å². The molecule has 1 amide bonds. The minimum Gasteiger partial charge on any atom is -0.476 e. The van der Waals surface area contributed by atoms with Crippen LogP contribution in [-0.4, -0.2) is 62.9 Å². The Kier molecular flexibility index (Phi) is 5.12. The van der Waals surface area contributed by atoms with Crippen LogP contribution in [0, 0.1) is 11.8 Å². The third kappa shape index (κ3) is 3.64. The second-order valence-electron chi connectivity index (χ2n) is 7.79. The van der Waals surface area contributed by atoms with Gasteiger partial charge in [-0.25, -0.2) is 9.59 Å². The molecule has 1 aromatic carbocycles. The molecule has 1 aromatic heterocycles. The number of aromatic carboxylic acids is 1. The molecular weight excluding hydrogens is 380 g/mol. The van der Waals surface area contributed by atoms with E-state index in [-0.39, 0.29) is 11.7 Å². The predicted molar refractivity (Wildman–Crippen MR) is 104 cm³/mol. The highest BCUT2D eigenvalue weighted by Crippen LogP contribution is 2.40. The molecule has 1 N–H and O–H groups in total. The van der Waals surface area contributed by atoms with E-state index in [1.165, 1.54) is 12.3 Å². The minimum absolute atomic E-state index is 0.117. The molecule has 3 atom stereocenters. The summed E-state index contributed by atoms with van der Waals surface area (Å²) in [6.45, 7) is 2.21. The minimum atomic E-state index is -1.13. The van der Waals surface area contributed by atoms with Crippen LogP contribution in [0.4, 0.5) is 4.79 Å². The highest BCUT2D eigenvalue weighted by molar-refractivity contribution is 6.31. The first-order chi connectivity index (χ1) is 13.4. The molecule has 8 heteroatoms. The second kappa shape index (κ2) is 7.56. The summed E-state index contributed by atoms with van der Waals surface area (Å²) in [6, 6.07) is 9.50. The van der Waals surface area contributed by atoms with Crippen LogP contribution < -0.4 is 0 Å². The summed E-state index contributed by atoms with van der Waals surface area (Å²) < 4.78 is 1.13. The first-order valence-electron chi connectivity index (χ1n) is 9.44. The Morgan fingerprint density at radius 1 is 1.21 bits per heavy atom. The normalized spacial score (nSPS) is 24.0. The molecule has 0 radical (unpaired) electrons. The number of fused-ring (bicyclic) bond motifs is 1. The van der Waals surface area contributed by atoms with Crippen LogP contribution in [0.1, 0.15) is 28.9 Å². The molecule has 2 aromatic rings. The van der Waals surface area contributed by atoms with Gasteiger partial charge in [0, 0.05) is 36.9 Å². The van der Waals surface area contributed by atoms with Crippen LogP contribution in [0.15, 0.2) is 36.5 Å². The Bertz CT molecular complexity index is 885. The average molecular weight is 403 g/mol. The Hall–Kier alpha value is -2.38. The van der Waals surface area contributed by atoms with E-state index in [0.717, 1.165) is 34.7 Å². The third-order valence-electron chi connectivity index (χ3n) is 6.00. The fourth-order valence-electron chi connectivity index (χ4n) is 4.50. The largest absolute Gasteiger partial charge is 0.476 e. The fraction of sp³-hybridized carbons (Fsp3) is 0.450. The quantitative estimate of drug-likeness (QED) is 0.850. The lowest BCUT2D eigenvalue weighted by Crippen LogP contribution is -2.36. The molecule has 1 saturated heterocycles. The summed E-state index contributed by atoms with van der Waals surface area (Å²) in [4.78, 5) is 27.7. The predicted octanol–water partition coefficient (Wildman–Crippen LogP) is 3.05. The standard InChI is InChI=1S/C20H23ClN4O3/c1-23(10-13-4-2-3-5-17(13)21)16-8-14-11-24(12-15(14)9-16)20(28)25-7-6-18(22-25)19(26)27/h2-7,14-16H,8-12H2,1H3,(H,26,27)/t14-,15+,16?. The van der Waals surface area contributed by atoms with Crippen LogP contribution in [0.2, 0.25) is 5.02 Å². The molecule has 1 saturated carbocycles. The molecule has 2 fully saturated rings. The molecule has 7 nitrogen and oxygen atoms in total. The Labute approximate surface area is 168 Å². The second-order valence-corrected chi connectivity index (χ2v) is 8.20. The van der Waals surface area contributed by atoms with Crippen molar-refractivity contribution in [2.24, 2.45) is 11.8 Å². The van der Waals surface area contributed by atoms with Gasteiger partial charge in [-0.3, -0.25) is 4.90 Å². The lowest BCUT2D eigenvalue weighted by atomic mass is 10.0. The third-order valence-corrected chi connectivity index (χ3v) is 6.37. The highest BCUT2D eigenvalue weighted by atomic mass is 35.5. The fourth-order valence-corrected chi connectivity index (χ4v) is 4.69. The zero-order valence-corrected chi connectivity index (χ0v) is 16.4.